The molecular weight excluding hydrogens is 723 g/mol. The Balaban J connectivity index is 3.53. The molecule has 0 bridgehead atoms. The van der Waals surface area contributed by atoms with E-state index < -0.39 is 12.1 Å². The van der Waals surface area contributed by atoms with Crippen LogP contribution in [0.15, 0.2) is 36.5 Å². The normalized spacial score (nSPS) is 13.1. The van der Waals surface area contributed by atoms with Gasteiger partial charge in [0.1, 0.15) is 0 Å². The highest BCUT2D eigenvalue weighted by Crippen LogP contribution is 2.16. The van der Waals surface area contributed by atoms with Gasteiger partial charge in [0.2, 0.25) is 5.91 Å². The van der Waals surface area contributed by atoms with Crippen molar-refractivity contribution < 1.29 is 15.0 Å². The SMILES string of the molecule is CCCCCCCCCC/C=C\CCCCCCCCCCCCCC(=O)NC(CO)C(O)/C=C/CC/C=C/CCCCCCCCCCCCCCCCCCCC. The number of carbonyl (C=O) groups excluding carboxylic acids is 1. The van der Waals surface area contributed by atoms with E-state index >= 15 is 0 Å². The van der Waals surface area contributed by atoms with Gasteiger partial charge in [-0.1, -0.05) is 262 Å². The summed E-state index contributed by atoms with van der Waals surface area (Å²) in [6, 6.07) is -0.639. The van der Waals surface area contributed by atoms with Crippen LogP contribution < -0.4 is 5.32 Å². The maximum Gasteiger partial charge on any atom is 0.220 e. The summed E-state index contributed by atoms with van der Waals surface area (Å²) < 4.78 is 0. The molecule has 2 unspecified atom stereocenters. The fourth-order valence-electron chi connectivity index (χ4n) is 8.25. The fourth-order valence-corrected chi connectivity index (χ4v) is 8.25. The van der Waals surface area contributed by atoms with Gasteiger partial charge in [-0.3, -0.25) is 4.79 Å². The van der Waals surface area contributed by atoms with Gasteiger partial charge < -0.3 is 15.5 Å². The maximum atomic E-state index is 12.4. The number of aliphatic hydroxyl groups is 2. The van der Waals surface area contributed by atoms with E-state index in [-0.39, 0.29) is 12.5 Å². The molecule has 0 aliphatic carbocycles. The molecule has 0 aromatic carbocycles. The van der Waals surface area contributed by atoms with Crippen molar-refractivity contribution in [2.45, 2.75) is 302 Å². The fraction of sp³-hybridized carbons (Fsp3) is 0.873. The summed E-state index contributed by atoms with van der Waals surface area (Å²) in [6.07, 6.45) is 68.7. The molecule has 0 fully saturated rings. The molecule has 3 N–H and O–H groups in total. The first-order chi connectivity index (χ1) is 29.2. The van der Waals surface area contributed by atoms with Crippen LogP contribution in [-0.2, 0) is 4.79 Å². The summed E-state index contributed by atoms with van der Waals surface area (Å²) >= 11 is 0. The number of unbranched alkanes of at least 4 members (excludes halogenated alkanes) is 38. The summed E-state index contributed by atoms with van der Waals surface area (Å²) in [5.41, 5.74) is 0. The maximum absolute atomic E-state index is 12.4. The number of hydrogen-bond donors (Lipinski definition) is 3. The van der Waals surface area contributed by atoms with Crippen molar-refractivity contribution in [2.24, 2.45) is 0 Å². The topological polar surface area (TPSA) is 69.6 Å². The van der Waals surface area contributed by atoms with E-state index in [1.807, 2.05) is 6.08 Å². The van der Waals surface area contributed by atoms with Crippen LogP contribution in [0.4, 0.5) is 0 Å². The Bertz CT molecular complexity index is 897. The average Bonchev–Trinajstić information content (AvgIpc) is 3.24. The zero-order chi connectivity index (χ0) is 42.8. The van der Waals surface area contributed by atoms with Crippen molar-refractivity contribution in [1.29, 1.82) is 0 Å². The minimum atomic E-state index is -0.862. The van der Waals surface area contributed by atoms with Crippen LogP contribution >= 0.6 is 0 Å². The quantitative estimate of drug-likeness (QED) is 0.0423. The average molecular weight is 828 g/mol. The molecule has 0 heterocycles. The Morgan fingerprint density at radius 2 is 0.661 bits per heavy atom. The van der Waals surface area contributed by atoms with E-state index in [1.54, 1.807) is 6.08 Å². The van der Waals surface area contributed by atoms with Crippen LogP contribution in [0.5, 0.6) is 0 Å². The second kappa shape index (κ2) is 51.0. The lowest BCUT2D eigenvalue weighted by molar-refractivity contribution is -0.123. The number of aliphatic hydroxyl groups excluding tert-OH is 2. The summed E-state index contributed by atoms with van der Waals surface area (Å²) in [5.74, 6) is -0.0713. The van der Waals surface area contributed by atoms with E-state index in [9.17, 15) is 15.0 Å². The smallest absolute Gasteiger partial charge is 0.220 e. The number of allylic oxidation sites excluding steroid dienone is 5. The standard InChI is InChI=1S/C55H105NO3/c1-3-5-7-9-11-13-15-17-19-21-23-25-27-29-30-32-34-36-38-40-42-44-46-48-50-54(58)53(52-57)56-55(59)51-49-47-45-43-41-39-37-35-33-31-28-26-24-22-20-18-16-14-12-10-8-6-4-2/h22,24,40,42,48,50,53-54,57-58H,3-21,23,25-39,41,43-47,49,51-52H2,1-2H3,(H,56,59)/b24-22-,42-40+,50-48+. The minimum Gasteiger partial charge on any atom is -0.394 e. The van der Waals surface area contributed by atoms with Crippen LogP contribution in [0.1, 0.15) is 290 Å². The highest BCUT2D eigenvalue weighted by Gasteiger charge is 2.17. The van der Waals surface area contributed by atoms with Crippen molar-refractivity contribution >= 4 is 5.91 Å². The zero-order valence-electron chi connectivity index (χ0n) is 40.0. The molecule has 0 aromatic rings. The third-order valence-corrected chi connectivity index (χ3v) is 12.3. The Kier molecular flexibility index (Phi) is 49.8. The van der Waals surface area contributed by atoms with E-state index in [4.69, 9.17) is 0 Å². The van der Waals surface area contributed by atoms with Crippen molar-refractivity contribution in [2.75, 3.05) is 6.61 Å². The number of carbonyl (C=O) groups is 1. The summed E-state index contributed by atoms with van der Waals surface area (Å²) in [6.45, 7) is 4.32. The highest BCUT2D eigenvalue weighted by atomic mass is 16.3. The monoisotopic (exact) mass is 828 g/mol. The van der Waals surface area contributed by atoms with Gasteiger partial charge in [-0.05, 0) is 57.8 Å². The Morgan fingerprint density at radius 1 is 0.390 bits per heavy atom. The lowest BCUT2D eigenvalue weighted by Crippen LogP contribution is -2.45. The first-order valence-corrected chi connectivity index (χ1v) is 26.7. The van der Waals surface area contributed by atoms with Gasteiger partial charge in [0, 0.05) is 6.42 Å². The van der Waals surface area contributed by atoms with E-state index in [0.29, 0.717) is 6.42 Å². The summed E-state index contributed by atoms with van der Waals surface area (Å²) in [7, 11) is 0. The largest absolute Gasteiger partial charge is 0.394 e. The summed E-state index contributed by atoms with van der Waals surface area (Å²) in [5, 5.41) is 23.1. The molecule has 0 rings (SSSR count). The van der Waals surface area contributed by atoms with Crippen molar-refractivity contribution in [3.8, 4) is 0 Å². The summed E-state index contributed by atoms with van der Waals surface area (Å²) in [4.78, 5) is 12.4. The zero-order valence-corrected chi connectivity index (χ0v) is 40.0. The number of amides is 1. The van der Waals surface area contributed by atoms with E-state index in [1.165, 1.54) is 238 Å². The third kappa shape index (κ3) is 47.5. The molecule has 0 spiro atoms. The van der Waals surface area contributed by atoms with Gasteiger partial charge in [0.05, 0.1) is 18.8 Å². The van der Waals surface area contributed by atoms with Crippen molar-refractivity contribution in [3.63, 3.8) is 0 Å². The Morgan fingerprint density at radius 3 is 0.983 bits per heavy atom. The molecular formula is C55H105NO3. The molecule has 0 saturated heterocycles. The molecule has 0 aromatic heterocycles. The molecule has 0 aliphatic heterocycles. The number of rotatable bonds is 49. The predicted molar refractivity (Wildman–Crippen MR) is 262 cm³/mol. The van der Waals surface area contributed by atoms with Crippen molar-refractivity contribution in [1.82, 2.24) is 5.32 Å². The van der Waals surface area contributed by atoms with E-state index in [2.05, 4.69) is 43.5 Å². The number of hydrogen-bond acceptors (Lipinski definition) is 3. The second-order valence-electron chi connectivity index (χ2n) is 18.3. The van der Waals surface area contributed by atoms with Crippen molar-refractivity contribution in [3.05, 3.63) is 36.5 Å². The van der Waals surface area contributed by atoms with Gasteiger partial charge in [-0.2, -0.15) is 0 Å². The van der Waals surface area contributed by atoms with Gasteiger partial charge in [-0.15, -0.1) is 0 Å². The third-order valence-electron chi connectivity index (χ3n) is 12.3. The van der Waals surface area contributed by atoms with Crippen LogP contribution in [0.25, 0.3) is 0 Å². The van der Waals surface area contributed by atoms with Gasteiger partial charge >= 0.3 is 0 Å². The highest BCUT2D eigenvalue weighted by molar-refractivity contribution is 5.76. The van der Waals surface area contributed by atoms with Crippen LogP contribution in [0.3, 0.4) is 0 Å². The Labute approximate surface area is 370 Å². The molecule has 2 atom stereocenters. The van der Waals surface area contributed by atoms with Gasteiger partial charge in [-0.25, -0.2) is 0 Å². The van der Waals surface area contributed by atoms with Gasteiger partial charge in [0.25, 0.3) is 0 Å². The molecule has 1 amide bonds. The molecule has 4 nitrogen and oxygen atoms in total. The minimum absolute atomic E-state index is 0.0713. The molecule has 0 saturated carbocycles. The van der Waals surface area contributed by atoms with Crippen LogP contribution in [-0.4, -0.2) is 34.9 Å². The first-order valence-electron chi connectivity index (χ1n) is 26.7. The van der Waals surface area contributed by atoms with Crippen LogP contribution in [0.2, 0.25) is 0 Å². The second-order valence-corrected chi connectivity index (χ2v) is 18.3. The van der Waals surface area contributed by atoms with Crippen LogP contribution in [0, 0.1) is 0 Å². The molecule has 59 heavy (non-hydrogen) atoms. The molecule has 0 radical (unpaired) electrons. The molecule has 4 heteroatoms. The van der Waals surface area contributed by atoms with Gasteiger partial charge in [0.15, 0.2) is 0 Å². The van der Waals surface area contributed by atoms with E-state index in [0.717, 1.165) is 32.1 Å². The molecule has 0 aliphatic rings. The number of nitrogens with one attached hydrogen (secondary N) is 1. The lowest BCUT2D eigenvalue weighted by atomic mass is 10.0. The molecule has 348 valence electrons. The lowest BCUT2D eigenvalue weighted by Gasteiger charge is -2.19. The predicted octanol–water partition coefficient (Wildman–Crippen LogP) is 17.3. The first kappa shape index (κ1) is 57.6. The Hall–Kier alpha value is -1.39.